The monoisotopic (exact) mass is 572 g/mol. The molecule has 2 aromatic heterocycles. The van der Waals surface area contributed by atoms with E-state index in [-0.39, 0.29) is 22.3 Å². The van der Waals surface area contributed by atoms with Crippen LogP contribution in [0.4, 0.5) is 0 Å². The van der Waals surface area contributed by atoms with Crippen LogP contribution in [0.15, 0.2) is 81.6 Å². The van der Waals surface area contributed by atoms with E-state index >= 15 is 0 Å². The van der Waals surface area contributed by atoms with Crippen LogP contribution in [0.5, 0.6) is 11.5 Å². The summed E-state index contributed by atoms with van der Waals surface area (Å²) < 4.78 is 12.5. The molecule has 1 aliphatic carbocycles. The highest BCUT2D eigenvalue weighted by molar-refractivity contribution is 5.83. The van der Waals surface area contributed by atoms with Gasteiger partial charge in [0.2, 0.25) is 11.8 Å². The Labute approximate surface area is 251 Å². The van der Waals surface area contributed by atoms with E-state index in [0.717, 1.165) is 57.3 Å². The van der Waals surface area contributed by atoms with Gasteiger partial charge in [-0.15, -0.1) is 0 Å². The Bertz CT molecular complexity index is 1850. The van der Waals surface area contributed by atoms with Gasteiger partial charge in [-0.05, 0) is 127 Å². The lowest BCUT2D eigenvalue weighted by atomic mass is 9.55. The first kappa shape index (κ1) is 27.3. The summed E-state index contributed by atoms with van der Waals surface area (Å²) in [7, 11) is 0. The van der Waals surface area contributed by atoms with Crippen LogP contribution in [0.25, 0.3) is 45.1 Å². The van der Waals surface area contributed by atoms with Crippen molar-refractivity contribution in [3.63, 3.8) is 0 Å². The van der Waals surface area contributed by atoms with E-state index in [1.807, 2.05) is 24.3 Å². The molecule has 1 unspecified atom stereocenters. The lowest BCUT2D eigenvalue weighted by molar-refractivity contribution is 0.127. The van der Waals surface area contributed by atoms with Crippen molar-refractivity contribution in [1.29, 1.82) is 0 Å². The Morgan fingerprint density at radius 1 is 0.674 bits per heavy atom. The van der Waals surface area contributed by atoms with Crippen molar-refractivity contribution in [2.75, 3.05) is 0 Å². The standard InChI is InChI=1S/C37H36N2O4/c1-21-18-36(4,5)20-37(19-21,26-14-22(2)32-30(16-26)38-34(42-32)24-6-10-28(40)11-7-24)27-15-23(3)33-31(17-27)39-35(43-33)25-8-12-29(41)13-9-25/h6-17,21,40-41H,18-20H2,1-5H3. The van der Waals surface area contributed by atoms with Crippen LogP contribution in [-0.2, 0) is 5.41 Å². The average molecular weight is 573 g/mol. The number of nitrogens with zero attached hydrogens (tertiary/aromatic N) is 2. The Hall–Kier alpha value is -4.58. The van der Waals surface area contributed by atoms with E-state index in [2.05, 4.69) is 58.9 Å². The predicted molar refractivity (Wildman–Crippen MR) is 169 cm³/mol. The molecule has 0 aliphatic heterocycles. The van der Waals surface area contributed by atoms with Crippen LogP contribution in [-0.4, -0.2) is 20.2 Å². The number of aryl methyl sites for hydroxylation is 2. The maximum absolute atomic E-state index is 9.75. The number of rotatable bonds is 4. The summed E-state index contributed by atoms with van der Waals surface area (Å²) in [6, 6.07) is 22.9. The summed E-state index contributed by atoms with van der Waals surface area (Å²) in [5.74, 6) is 2.03. The number of aromatic nitrogens is 2. The topological polar surface area (TPSA) is 92.5 Å². The molecule has 6 heteroatoms. The number of oxazole rings is 2. The van der Waals surface area contributed by atoms with E-state index in [0.29, 0.717) is 17.7 Å². The van der Waals surface area contributed by atoms with Crippen LogP contribution in [0, 0.1) is 25.2 Å². The smallest absolute Gasteiger partial charge is 0.227 e. The van der Waals surface area contributed by atoms with Crippen LogP contribution in [0.1, 0.15) is 62.3 Å². The first-order valence-corrected chi connectivity index (χ1v) is 14.9. The number of fused-ring (bicyclic) bond motifs is 2. The third-order valence-corrected chi connectivity index (χ3v) is 9.06. The summed E-state index contributed by atoms with van der Waals surface area (Å²) in [4.78, 5) is 9.85. The predicted octanol–water partition coefficient (Wildman–Crippen LogP) is 9.46. The van der Waals surface area contributed by atoms with Crippen LogP contribution in [0.2, 0.25) is 0 Å². The fraction of sp³-hybridized carbons (Fsp3) is 0.297. The molecule has 0 spiro atoms. The van der Waals surface area contributed by atoms with E-state index in [4.69, 9.17) is 18.8 Å². The molecule has 1 aliphatic rings. The van der Waals surface area contributed by atoms with Crippen molar-refractivity contribution in [3.8, 4) is 34.4 Å². The third-order valence-electron chi connectivity index (χ3n) is 9.06. The molecule has 2 N–H and O–H groups in total. The highest BCUT2D eigenvalue weighted by Gasteiger charge is 2.46. The quantitative estimate of drug-likeness (QED) is 0.219. The fourth-order valence-corrected chi connectivity index (χ4v) is 7.59. The van der Waals surface area contributed by atoms with Crippen molar-refractivity contribution in [2.24, 2.45) is 11.3 Å². The Kier molecular flexibility index (Phi) is 6.17. The first-order chi connectivity index (χ1) is 20.5. The minimum Gasteiger partial charge on any atom is -0.508 e. The molecular weight excluding hydrogens is 536 g/mol. The summed E-state index contributed by atoms with van der Waals surface area (Å²) in [5.41, 5.74) is 9.35. The van der Waals surface area contributed by atoms with Crippen molar-refractivity contribution in [2.45, 2.75) is 59.3 Å². The molecule has 0 bridgehead atoms. The van der Waals surface area contributed by atoms with Gasteiger partial charge in [0.05, 0.1) is 0 Å². The number of phenols is 2. The second kappa shape index (κ2) is 9.73. The minimum absolute atomic E-state index is 0.130. The number of aromatic hydroxyl groups is 2. The van der Waals surface area contributed by atoms with Gasteiger partial charge in [-0.25, -0.2) is 9.97 Å². The summed E-state index contributed by atoms with van der Waals surface area (Å²) in [5, 5.41) is 19.5. The van der Waals surface area contributed by atoms with Gasteiger partial charge in [0.15, 0.2) is 11.2 Å². The Balaban J connectivity index is 1.41. The van der Waals surface area contributed by atoms with Gasteiger partial charge in [-0.2, -0.15) is 0 Å². The van der Waals surface area contributed by atoms with Gasteiger partial charge in [-0.3, -0.25) is 0 Å². The average Bonchev–Trinajstić information content (AvgIpc) is 3.58. The molecule has 6 aromatic rings. The second-order valence-electron chi connectivity index (χ2n) is 13.4. The van der Waals surface area contributed by atoms with Crippen molar-refractivity contribution < 1.29 is 19.0 Å². The Morgan fingerprint density at radius 3 is 1.53 bits per heavy atom. The number of benzene rings is 4. The number of hydrogen-bond donors (Lipinski definition) is 2. The molecule has 1 saturated carbocycles. The molecule has 6 nitrogen and oxygen atoms in total. The normalized spacial score (nSPS) is 17.9. The SMILES string of the molecule is Cc1cc(C2(c3cc(C)c4oc(-c5ccc(O)cc5)nc4c3)CC(C)CC(C)(C)C2)cc2nc(-c3ccc(O)cc3)oc12. The largest absolute Gasteiger partial charge is 0.508 e. The summed E-state index contributed by atoms with van der Waals surface area (Å²) in [6.45, 7) is 11.3. The molecule has 0 amide bonds. The molecular formula is C37H36N2O4. The van der Waals surface area contributed by atoms with Gasteiger partial charge < -0.3 is 19.0 Å². The maximum Gasteiger partial charge on any atom is 0.227 e. The molecule has 0 saturated heterocycles. The van der Waals surface area contributed by atoms with E-state index in [9.17, 15) is 10.2 Å². The molecule has 43 heavy (non-hydrogen) atoms. The summed E-state index contributed by atoms with van der Waals surface area (Å²) >= 11 is 0. The molecule has 0 radical (unpaired) electrons. The Morgan fingerprint density at radius 2 is 1.12 bits per heavy atom. The zero-order chi connectivity index (χ0) is 30.1. The van der Waals surface area contributed by atoms with E-state index < -0.39 is 0 Å². The molecule has 218 valence electrons. The van der Waals surface area contributed by atoms with Gasteiger partial charge in [0, 0.05) is 16.5 Å². The minimum atomic E-state index is -0.256. The van der Waals surface area contributed by atoms with E-state index in [1.165, 1.54) is 17.5 Å². The summed E-state index contributed by atoms with van der Waals surface area (Å²) in [6.07, 6.45) is 3.17. The molecule has 1 atom stereocenters. The molecule has 4 aromatic carbocycles. The molecule has 1 fully saturated rings. The van der Waals surface area contributed by atoms with Gasteiger partial charge in [-0.1, -0.05) is 32.9 Å². The molecule has 2 heterocycles. The lowest BCUT2D eigenvalue weighted by Gasteiger charge is -2.49. The second-order valence-corrected chi connectivity index (χ2v) is 13.4. The lowest BCUT2D eigenvalue weighted by Crippen LogP contribution is -2.41. The van der Waals surface area contributed by atoms with E-state index in [1.54, 1.807) is 24.3 Å². The fourth-order valence-electron chi connectivity index (χ4n) is 7.59. The third kappa shape index (κ3) is 4.75. The number of hydrogen-bond acceptors (Lipinski definition) is 6. The first-order valence-electron chi connectivity index (χ1n) is 14.9. The van der Waals surface area contributed by atoms with Crippen molar-refractivity contribution in [3.05, 3.63) is 95.1 Å². The maximum atomic E-state index is 9.75. The number of phenolic OH excluding ortho intramolecular Hbond substituents is 2. The highest BCUT2D eigenvalue weighted by atomic mass is 16.4. The van der Waals surface area contributed by atoms with Crippen LogP contribution in [0.3, 0.4) is 0 Å². The zero-order valence-electron chi connectivity index (χ0n) is 25.2. The highest BCUT2D eigenvalue weighted by Crippen LogP contribution is 2.54. The van der Waals surface area contributed by atoms with Gasteiger partial charge in [0.25, 0.3) is 0 Å². The zero-order valence-corrected chi connectivity index (χ0v) is 25.2. The van der Waals surface area contributed by atoms with Gasteiger partial charge in [0.1, 0.15) is 22.5 Å². The van der Waals surface area contributed by atoms with Crippen molar-refractivity contribution in [1.82, 2.24) is 9.97 Å². The van der Waals surface area contributed by atoms with Crippen LogP contribution < -0.4 is 0 Å². The van der Waals surface area contributed by atoms with Gasteiger partial charge >= 0.3 is 0 Å². The van der Waals surface area contributed by atoms with Crippen molar-refractivity contribution >= 4 is 22.2 Å². The molecule has 7 rings (SSSR count). The van der Waals surface area contributed by atoms with Crippen LogP contribution >= 0.6 is 0 Å².